The highest BCUT2D eigenvalue weighted by Gasteiger charge is 2.86. The van der Waals surface area contributed by atoms with E-state index in [2.05, 4.69) is 24.3 Å². The summed E-state index contributed by atoms with van der Waals surface area (Å²) < 4.78 is 17.2. The van der Waals surface area contributed by atoms with E-state index in [1.807, 2.05) is 31.2 Å². The average Bonchev–Trinajstić information content (AvgIpc) is 3.47. The number of carbonyl (C=O) groups is 2. The Balaban J connectivity index is 1.65. The Morgan fingerprint density at radius 3 is 2.14 bits per heavy atom. The SMILES string of the molecule is CC[C@@H]1OC(=O)[C@]2([C@@]3(C(=O)OC)CC4c5ccccc5C3c3ccccc34)O[C@H]12. The van der Waals surface area contributed by atoms with Crippen LogP contribution < -0.4 is 0 Å². The fraction of sp³-hybridized carbons (Fsp3) is 0.417. The molecule has 4 atom stereocenters. The van der Waals surface area contributed by atoms with E-state index in [1.54, 1.807) is 0 Å². The number of hydrogen-bond donors (Lipinski definition) is 0. The molecule has 5 aliphatic rings. The second-order valence-corrected chi connectivity index (χ2v) is 8.54. The lowest BCUT2D eigenvalue weighted by atomic mass is 9.47. The third-order valence-corrected chi connectivity index (χ3v) is 7.55. The number of epoxide rings is 1. The summed E-state index contributed by atoms with van der Waals surface area (Å²) in [6, 6.07) is 16.5. The molecule has 2 saturated heterocycles. The van der Waals surface area contributed by atoms with E-state index in [4.69, 9.17) is 14.2 Å². The molecule has 0 amide bonds. The van der Waals surface area contributed by atoms with Crippen molar-refractivity contribution in [2.75, 3.05) is 7.11 Å². The molecular weight excluding hydrogens is 368 g/mol. The zero-order valence-electron chi connectivity index (χ0n) is 16.4. The molecule has 3 aliphatic carbocycles. The predicted molar refractivity (Wildman–Crippen MR) is 103 cm³/mol. The molecule has 29 heavy (non-hydrogen) atoms. The van der Waals surface area contributed by atoms with Gasteiger partial charge in [0.05, 0.1) is 7.11 Å². The van der Waals surface area contributed by atoms with Gasteiger partial charge in [-0.3, -0.25) is 4.79 Å². The van der Waals surface area contributed by atoms with E-state index in [1.165, 1.54) is 18.2 Å². The van der Waals surface area contributed by atoms with Crippen molar-refractivity contribution in [1.29, 1.82) is 0 Å². The van der Waals surface area contributed by atoms with Gasteiger partial charge in [-0.05, 0) is 35.1 Å². The number of benzene rings is 2. The van der Waals surface area contributed by atoms with E-state index in [0.717, 1.165) is 11.1 Å². The minimum Gasteiger partial charge on any atom is -0.468 e. The van der Waals surface area contributed by atoms with Crippen LogP contribution in [0.3, 0.4) is 0 Å². The van der Waals surface area contributed by atoms with Crippen LogP contribution in [-0.2, 0) is 23.8 Å². The maximum Gasteiger partial charge on any atom is 0.342 e. The normalized spacial score (nSPS) is 37.9. The number of hydrogen-bond acceptors (Lipinski definition) is 5. The fourth-order valence-corrected chi connectivity index (χ4v) is 6.40. The minimum atomic E-state index is -1.26. The highest BCUT2D eigenvalue weighted by Crippen LogP contribution is 2.72. The first-order valence-corrected chi connectivity index (χ1v) is 10.2. The molecule has 0 aromatic heterocycles. The lowest BCUT2D eigenvalue weighted by Gasteiger charge is -2.52. The molecule has 2 aliphatic heterocycles. The summed E-state index contributed by atoms with van der Waals surface area (Å²) in [7, 11) is 1.40. The first-order chi connectivity index (χ1) is 14.1. The number of rotatable bonds is 3. The third-order valence-electron chi connectivity index (χ3n) is 7.55. The summed E-state index contributed by atoms with van der Waals surface area (Å²) in [4.78, 5) is 26.7. The van der Waals surface area contributed by atoms with Crippen LogP contribution in [0, 0.1) is 5.41 Å². The minimum absolute atomic E-state index is 0.0131. The second-order valence-electron chi connectivity index (χ2n) is 8.54. The van der Waals surface area contributed by atoms with Crippen molar-refractivity contribution in [3.05, 3.63) is 70.8 Å². The Bertz CT molecular complexity index is 1010. The molecule has 7 rings (SSSR count). The summed E-state index contributed by atoms with van der Waals surface area (Å²) in [6.45, 7) is 1.97. The number of ether oxygens (including phenoxy) is 3. The molecule has 148 valence electrons. The van der Waals surface area contributed by atoms with Gasteiger partial charge in [-0.2, -0.15) is 0 Å². The van der Waals surface area contributed by atoms with Gasteiger partial charge < -0.3 is 14.2 Å². The van der Waals surface area contributed by atoms with E-state index >= 15 is 0 Å². The van der Waals surface area contributed by atoms with Crippen LogP contribution in [0.25, 0.3) is 0 Å². The summed E-state index contributed by atoms with van der Waals surface area (Å²) in [5.41, 5.74) is 2.24. The maximum absolute atomic E-state index is 13.5. The highest BCUT2D eigenvalue weighted by molar-refractivity contribution is 5.98. The predicted octanol–water partition coefficient (Wildman–Crippen LogP) is 3.30. The molecule has 0 N–H and O–H groups in total. The van der Waals surface area contributed by atoms with Crippen LogP contribution in [0.4, 0.5) is 0 Å². The second kappa shape index (κ2) is 5.48. The number of carbonyl (C=O) groups excluding carboxylic acids is 2. The Hall–Kier alpha value is -2.66. The Morgan fingerprint density at radius 2 is 1.66 bits per heavy atom. The van der Waals surface area contributed by atoms with Gasteiger partial charge in [0.15, 0.2) is 0 Å². The molecule has 2 bridgehead atoms. The van der Waals surface area contributed by atoms with Crippen LogP contribution in [-0.4, -0.2) is 36.9 Å². The van der Waals surface area contributed by atoms with Crippen molar-refractivity contribution in [3.8, 4) is 0 Å². The zero-order chi connectivity index (χ0) is 20.0. The molecule has 0 saturated carbocycles. The summed E-state index contributed by atoms with van der Waals surface area (Å²) in [5.74, 6) is -1.09. The van der Waals surface area contributed by atoms with Gasteiger partial charge in [0.1, 0.15) is 17.6 Å². The van der Waals surface area contributed by atoms with E-state index in [9.17, 15) is 9.59 Å². The van der Waals surface area contributed by atoms with Crippen molar-refractivity contribution in [2.24, 2.45) is 5.41 Å². The largest absolute Gasteiger partial charge is 0.468 e. The van der Waals surface area contributed by atoms with Gasteiger partial charge in [-0.1, -0.05) is 55.5 Å². The Kier molecular flexibility index (Phi) is 3.25. The quantitative estimate of drug-likeness (QED) is 0.594. The van der Waals surface area contributed by atoms with Gasteiger partial charge in [0, 0.05) is 11.8 Å². The fourth-order valence-electron chi connectivity index (χ4n) is 6.40. The van der Waals surface area contributed by atoms with Crippen LogP contribution >= 0.6 is 0 Å². The maximum atomic E-state index is 13.5. The third kappa shape index (κ3) is 1.77. The Morgan fingerprint density at radius 1 is 1.07 bits per heavy atom. The van der Waals surface area contributed by atoms with Crippen LogP contribution in [0.5, 0.6) is 0 Å². The first kappa shape index (κ1) is 17.2. The molecule has 5 heteroatoms. The molecule has 2 heterocycles. The van der Waals surface area contributed by atoms with Crippen molar-refractivity contribution < 1.29 is 23.8 Å². The summed E-state index contributed by atoms with van der Waals surface area (Å²) >= 11 is 0. The lowest BCUT2D eigenvalue weighted by molar-refractivity contribution is -0.174. The molecule has 0 unspecified atom stereocenters. The number of esters is 2. The molecule has 0 spiro atoms. The lowest BCUT2D eigenvalue weighted by Crippen LogP contribution is -2.58. The summed E-state index contributed by atoms with van der Waals surface area (Å²) in [6.07, 6.45) is 0.449. The molecule has 0 radical (unpaired) electrons. The topological polar surface area (TPSA) is 65.1 Å². The molecular formula is C24H22O5. The highest BCUT2D eigenvalue weighted by atomic mass is 16.7. The molecule has 2 aromatic rings. The van der Waals surface area contributed by atoms with Crippen molar-refractivity contribution >= 4 is 11.9 Å². The van der Waals surface area contributed by atoms with Gasteiger partial charge in [-0.25, -0.2) is 4.79 Å². The number of fused-ring (bicyclic) bond motifs is 3. The first-order valence-electron chi connectivity index (χ1n) is 10.2. The molecule has 2 fully saturated rings. The van der Waals surface area contributed by atoms with Crippen LogP contribution in [0.15, 0.2) is 48.5 Å². The molecule has 2 aromatic carbocycles. The van der Waals surface area contributed by atoms with E-state index < -0.39 is 23.1 Å². The zero-order valence-corrected chi connectivity index (χ0v) is 16.4. The van der Waals surface area contributed by atoms with E-state index in [-0.39, 0.29) is 23.9 Å². The monoisotopic (exact) mass is 390 g/mol. The number of cyclic esters (lactones) is 1. The van der Waals surface area contributed by atoms with E-state index in [0.29, 0.717) is 12.8 Å². The van der Waals surface area contributed by atoms with Gasteiger partial charge in [0.2, 0.25) is 5.60 Å². The summed E-state index contributed by atoms with van der Waals surface area (Å²) in [5, 5.41) is 0. The Labute approximate surface area is 169 Å². The van der Waals surface area contributed by atoms with Gasteiger partial charge in [-0.15, -0.1) is 0 Å². The van der Waals surface area contributed by atoms with Crippen molar-refractivity contribution in [3.63, 3.8) is 0 Å². The average molecular weight is 390 g/mol. The smallest absolute Gasteiger partial charge is 0.342 e. The number of methoxy groups -OCH3 is 1. The van der Waals surface area contributed by atoms with Crippen LogP contribution in [0.2, 0.25) is 0 Å². The molecule has 5 nitrogen and oxygen atoms in total. The van der Waals surface area contributed by atoms with Gasteiger partial charge >= 0.3 is 11.9 Å². The van der Waals surface area contributed by atoms with Crippen LogP contribution in [0.1, 0.15) is 53.9 Å². The van der Waals surface area contributed by atoms with Gasteiger partial charge in [0.25, 0.3) is 0 Å². The standard InChI is InChI=1S/C24H22O5/c1-3-18-20-24(29-20,22(26)28-18)23(21(25)27-2)12-17-13-8-4-6-10-15(13)19(23)16-11-7-5-9-14(16)17/h4-11,17-20H,3,12H2,1-2H3/t17?,18-,19?,20+,23-,24+/m0/s1. The van der Waals surface area contributed by atoms with Crippen molar-refractivity contribution in [1.82, 2.24) is 0 Å². The van der Waals surface area contributed by atoms with Crippen molar-refractivity contribution in [2.45, 2.75) is 49.4 Å².